The van der Waals surface area contributed by atoms with E-state index in [1.807, 2.05) is 18.7 Å². The number of amides is 1. The molecule has 1 saturated heterocycles. The molecule has 0 radical (unpaired) electrons. The van der Waals surface area contributed by atoms with E-state index in [0.717, 1.165) is 32.7 Å². The van der Waals surface area contributed by atoms with Gasteiger partial charge in [-0.1, -0.05) is 26.1 Å². The summed E-state index contributed by atoms with van der Waals surface area (Å²) in [6, 6.07) is 0. The van der Waals surface area contributed by atoms with Crippen molar-refractivity contribution in [1.29, 1.82) is 0 Å². The molecule has 0 bridgehead atoms. The number of nitrogens with zero attached hydrogens (tertiary/aromatic N) is 2. The molecule has 0 aromatic heterocycles. The van der Waals surface area contributed by atoms with Crippen molar-refractivity contribution in [2.24, 2.45) is 11.7 Å². The Bertz CT molecular complexity index is 262. The molecule has 0 aliphatic carbocycles. The summed E-state index contributed by atoms with van der Waals surface area (Å²) < 4.78 is 0. The van der Waals surface area contributed by atoms with Crippen molar-refractivity contribution in [3.05, 3.63) is 0 Å². The summed E-state index contributed by atoms with van der Waals surface area (Å²) in [5.74, 6) is 0.505. The standard InChI is InChI=1S/C11H21N3OS/c1-3-10(15)14-6-4-13(5-7-14)8-9(2)11(12)16/h9H,3-8H2,1-2H3,(H2,12,16). The van der Waals surface area contributed by atoms with Gasteiger partial charge in [0.15, 0.2) is 0 Å². The van der Waals surface area contributed by atoms with Gasteiger partial charge in [0, 0.05) is 45.1 Å². The second-order valence-corrected chi connectivity index (χ2v) is 4.81. The van der Waals surface area contributed by atoms with Gasteiger partial charge in [-0.2, -0.15) is 0 Å². The van der Waals surface area contributed by atoms with E-state index in [-0.39, 0.29) is 11.8 Å². The zero-order valence-electron chi connectivity index (χ0n) is 10.1. The highest BCUT2D eigenvalue weighted by molar-refractivity contribution is 7.80. The van der Waals surface area contributed by atoms with E-state index in [2.05, 4.69) is 4.90 Å². The maximum atomic E-state index is 11.5. The topological polar surface area (TPSA) is 49.6 Å². The first kappa shape index (κ1) is 13.4. The minimum absolute atomic E-state index is 0.252. The summed E-state index contributed by atoms with van der Waals surface area (Å²) in [4.78, 5) is 16.3. The lowest BCUT2D eigenvalue weighted by Gasteiger charge is -2.35. The SMILES string of the molecule is CCC(=O)N1CCN(CC(C)C(N)=S)CC1. The van der Waals surface area contributed by atoms with Crippen LogP contribution < -0.4 is 5.73 Å². The second kappa shape index (κ2) is 6.15. The van der Waals surface area contributed by atoms with Crippen LogP contribution in [0.1, 0.15) is 20.3 Å². The molecule has 1 unspecified atom stereocenters. The quantitative estimate of drug-likeness (QED) is 0.729. The molecule has 0 spiro atoms. The molecule has 0 saturated carbocycles. The van der Waals surface area contributed by atoms with Gasteiger partial charge in [0.25, 0.3) is 0 Å². The van der Waals surface area contributed by atoms with Gasteiger partial charge in [-0.15, -0.1) is 0 Å². The fraction of sp³-hybridized carbons (Fsp3) is 0.818. The molecule has 1 heterocycles. The second-order valence-electron chi connectivity index (χ2n) is 4.34. The Kier molecular flexibility index (Phi) is 5.15. The summed E-state index contributed by atoms with van der Waals surface area (Å²) >= 11 is 4.96. The number of rotatable bonds is 4. The number of thiocarbonyl (C=S) groups is 1. The van der Waals surface area contributed by atoms with Gasteiger partial charge in [-0.3, -0.25) is 9.69 Å². The molecular formula is C11H21N3OS. The zero-order valence-corrected chi connectivity index (χ0v) is 10.9. The van der Waals surface area contributed by atoms with E-state index >= 15 is 0 Å². The van der Waals surface area contributed by atoms with Crippen LogP contribution in [-0.4, -0.2) is 53.4 Å². The molecule has 1 fully saturated rings. The molecule has 1 aliphatic heterocycles. The first-order valence-electron chi connectivity index (χ1n) is 5.84. The van der Waals surface area contributed by atoms with Crippen molar-refractivity contribution in [1.82, 2.24) is 9.80 Å². The molecule has 2 N–H and O–H groups in total. The molecule has 0 aromatic carbocycles. The van der Waals surface area contributed by atoms with Crippen LogP contribution in [0.2, 0.25) is 0 Å². The lowest BCUT2D eigenvalue weighted by Crippen LogP contribution is -2.50. The number of piperazine rings is 1. The molecule has 1 rings (SSSR count). The highest BCUT2D eigenvalue weighted by atomic mass is 32.1. The third-order valence-electron chi connectivity index (χ3n) is 3.05. The van der Waals surface area contributed by atoms with Crippen molar-refractivity contribution in [2.45, 2.75) is 20.3 Å². The Morgan fingerprint density at radius 3 is 2.38 bits per heavy atom. The fourth-order valence-electron chi connectivity index (χ4n) is 1.88. The highest BCUT2D eigenvalue weighted by Gasteiger charge is 2.21. The zero-order chi connectivity index (χ0) is 12.1. The van der Waals surface area contributed by atoms with E-state index in [9.17, 15) is 4.79 Å². The third-order valence-corrected chi connectivity index (χ3v) is 3.45. The van der Waals surface area contributed by atoms with Gasteiger partial charge in [0.1, 0.15) is 0 Å². The first-order chi connectivity index (χ1) is 7.54. The summed E-state index contributed by atoms with van der Waals surface area (Å²) in [6.07, 6.45) is 0.600. The molecule has 16 heavy (non-hydrogen) atoms. The lowest BCUT2D eigenvalue weighted by atomic mass is 10.1. The Labute approximate surface area is 103 Å². The van der Waals surface area contributed by atoms with Crippen LogP contribution in [0.3, 0.4) is 0 Å². The largest absolute Gasteiger partial charge is 0.393 e. The normalized spacial score (nSPS) is 19.5. The van der Waals surface area contributed by atoms with Gasteiger partial charge >= 0.3 is 0 Å². The van der Waals surface area contributed by atoms with E-state index < -0.39 is 0 Å². The first-order valence-corrected chi connectivity index (χ1v) is 6.24. The highest BCUT2D eigenvalue weighted by Crippen LogP contribution is 2.07. The fourth-order valence-corrected chi connectivity index (χ4v) is 1.96. The van der Waals surface area contributed by atoms with Crippen molar-refractivity contribution in [3.63, 3.8) is 0 Å². The predicted octanol–water partition coefficient (Wildman–Crippen LogP) is 0.463. The molecule has 1 amide bonds. The minimum atomic E-state index is 0.252. The van der Waals surface area contributed by atoms with E-state index in [1.54, 1.807) is 0 Å². The smallest absolute Gasteiger partial charge is 0.222 e. The van der Waals surface area contributed by atoms with E-state index in [4.69, 9.17) is 18.0 Å². The van der Waals surface area contributed by atoms with Gasteiger partial charge in [0.05, 0.1) is 4.99 Å². The van der Waals surface area contributed by atoms with Gasteiger partial charge in [-0.05, 0) is 0 Å². The predicted molar refractivity (Wildman–Crippen MR) is 69.3 cm³/mol. The summed E-state index contributed by atoms with van der Waals surface area (Å²) in [5.41, 5.74) is 5.59. The van der Waals surface area contributed by atoms with Crippen molar-refractivity contribution in [3.8, 4) is 0 Å². The Balaban J connectivity index is 2.32. The number of nitrogens with two attached hydrogens (primary N) is 1. The Morgan fingerprint density at radius 1 is 1.38 bits per heavy atom. The Hall–Kier alpha value is -0.680. The Morgan fingerprint density at radius 2 is 1.94 bits per heavy atom. The molecule has 4 nitrogen and oxygen atoms in total. The van der Waals surface area contributed by atoms with Crippen molar-refractivity contribution >= 4 is 23.1 Å². The minimum Gasteiger partial charge on any atom is -0.393 e. The summed E-state index contributed by atoms with van der Waals surface area (Å²) in [6.45, 7) is 8.38. The maximum Gasteiger partial charge on any atom is 0.222 e. The van der Waals surface area contributed by atoms with Crippen LogP contribution in [0, 0.1) is 5.92 Å². The maximum absolute atomic E-state index is 11.5. The van der Waals surface area contributed by atoms with Crippen LogP contribution >= 0.6 is 12.2 Å². The van der Waals surface area contributed by atoms with Crippen LogP contribution in [0.25, 0.3) is 0 Å². The molecule has 1 aliphatic rings. The van der Waals surface area contributed by atoms with Crippen LogP contribution in [0.4, 0.5) is 0 Å². The molecule has 0 aromatic rings. The average Bonchev–Trinajstić information content (AvgIpc) is 2.28. The number of hydrogen-bond acceptors (Lipinski definition) is 3. The number of hydrogen-bond donors (Lipinski definition) is 1. The molecule has 5 heteroatoms. The number of carbonyl (C=O) groups is 1. The van der Waals surface area contributed by atoms with E-state index in [1.165, 1.54) is 0 Å². The molecule has 1 atom stereocenters. The van der Waals surface area contributed by atoms with Gasteiger partial charge in [-0.25, -0.2) is 0 Å². The summed E-state index contributed by atoms with van der Waals surface area (Å²) in [7, 11) is 0. The monoisotopic (exact) mass is 243 g/mol. The molecular weight excluding hydrogens is 222 g/mol. The average molecular weight is 243 g/mol. The summed E-state index contributed by atoms with van der Waals surface area (Å²) in [5, 5.41) is 0. The molecule has 92 valence electrons. The van der Waals surface area contributed by atoms with E-state index in [0.29, 0.717) is 11.4 Å². The van der Waals surface area contributed by atoms with Gasteiger partial charge in [0.2, 0.25) is 5.91 Å². The van der Waals surface area contributed by atoms with Crippen molar-refractivity contribution < 1.29 is 4.79 Å². The van der Waals surface area contributed by atoms with Crippen LogP contribution in [0.5, 0.6) is 0 Å². The third kappa shape index (κ3) is 3.72. The van der Waals surface area contributed by atoms with Crippen LogP contribution in [0.15, 0.2) is 0 Å². The van der Waals surface area contributed by atoms with Crippen molar-refractivity contribution in [2.75, 3.05) is 32.7 Å². The lowest BCUT2D eigenvalue weighted by molar-refractivity contribution is -0.132. The number of carbonyl (C=O) groups excluding carboxylic acids is 1. The van der Waals surface area contributed by atoms with Crippen LogP contribution in [-0.2, 0) is 4.79 Å². The van der Waals surface area contributed by atoms with Gasteiger partial charge < -0.3 is 10.6 Å².